The molecule has 0 bridgehead atoms. The summed E-state index contributed by atoms with van der Waals surface area (Å²) < 4.78 is 79.5. The molecule has 0 saturated carbocycles. The van der Waals surface area contributed by atoms with Crippen LogP contribution in [0.1, 0.15) is 5.56 Å². The van der Waals surface area contributed by atoms with Crippen LogP contribution in [0.5, 0.6) is 0 Å². The summed E-state index contributed by atoms with van der Waals surface area (Å²) in [5, 5.41) is 10.1. The smallest absolute Gasteiger partial charge is 0.437 e. The SMILES string of the molecule is O=C(OCc1cccc2ccccc12)C(O)(C(F)(F)F)C(F)(F)F. The van der Waals surface area contributed by atoms with E-state index in [1.165, 1.54) is 12.1 Å². The highest BCUT2D eigenvalue weighted by Crippen LogP contribution is 2.44. The van der Waals surface area contributed by atoms with Gasteiger partial charge < -0.3 is 9.84 Å². The van der Waals surface area contributed by atoms with Gasteiger partial charge >= 0.3 is 23.9 Å². The third-order valence-electron chi connectivity index (χ3n) is 3.35. The molecule has 0 unspecified atom stereocenters. The maximum atomic E-state index is 12.6. The van der Waals surface area contributed by atoms with Crippen molar-refractivity contribution in [3.8, 4) is 0 Å². The fraction of sp³-hybridized carbons (Fsp3) is 0.267. The van der Waals surface area contributed by atoms with E-state index in [0.29, 0.717) is 10.8 Å². The first kappa shape index (κ1) is 18.1. The number of rotatable bonds is 3. The van der Waals surface area contributed by atoms with Crippen molar-refractivity contribution in [2.45, 2.75) is 24.6 Å². The summed E-state index contributed by atoms with van der Waals surface area (Å²) in [6, 6.07) is 11.1. The van der Waals surface area contributed by atoms with Crippen molar-refractivity contribution in [2.24, 2.45) is 0 Å². The Bertz CT molecular complexity index is 731. The molecule has 0 amide bonds. The Balaban J connectivity index is 2.28. The van der Waals surface area contributed by atoms with Crippen LogP contribution in [0.25, 0.3) is 10.8 Å². The van der Waals surface area contributed by atoms with Crippen molar-refractivity contribution in [1.82, 2.24) is 0 Å². The Labute approximate surface area is 131 Å². The van der Waals surface area contributed by atoms with Crippen molar-refractivity contribution in [1.29, 1.82) is 0 Å². The topological polar surface area (TPSA) is 46.5 Å². The van der Waals surface area contributed by atoms with Crippen LogP contribution in [0.4, 0.5) is 26.3 Å². The summed E-state index contributed by atoms with van der Waals surface area (Å²) in [6.07, 6.45) is -12.5. The third kappa shape index (κ3) is 3.03. The molecule has 0 heterocycles. The van der Waals surface area contributed by atoms with Gasteiger partial charge in [0.05, 0.1) is 0 Å². The molecule has 9 heteroatoms. The molecule has 0 atom stereocenters. The second kappa shape index (κ2) is 5.97. The quantitative estimate of drug-likeness (QED) is 0.676. The van der Waals surface area contributed by atoms with Gasteiger partial charge in [0.25, 0.3) is 0 Å². The molecule has 2 aromatic carbocycles. The average Bonchev–Trinajstić information content (AvgIpc) is 2.49. The number of ether oxygens (including phenoxy) is 1. The first-order chi connectivity index (χ1) is 11.0. The monoisotopic (exact) mass is 352 g/mol. The number of carbonyl (C=O) groups is 1. The van der Waals surface area contributed by atoms with Crippen LogP contribution in [-0.2, 0) is 16.1 Å². The summed E-state index contributed by atoms with van der Waals surface area (Å²) in [4.78, 5) is 11.4. The maximum absolute atomic E-state index is 12.6. The Morgan fingerprint density at radius 2 is 1.46 bits per heavy atom. The zero-order chi connectivity index (χ0) is 18.2. The van der Waals surface area contributed by atoms with Crippen molar-refractivity contribution in [3.63, 3.8) is 0 Å². The number of alkyl halides is 6. The van der Waals surface area contributed by atoms with Gasteiger partial charge in [-0.2, -0.15) is 26.3 Å². The molecule has 2 aromatic rings. The minimum absolute atomic E-state index is 0.202. The standard InChI is InChI=1S/C15H10F6O3/c16-14(17,18)13(23,15(19,20)21)12(22)24-8-10-6-3-5-9-4-1-2-7-11(9)10/h1-7,23H,8H2. The number of fused-ring (bicyclic) bond motifs is 1. The summed E-state index contributed by atoms with van der Waals surface area (Å²) >= 11 is 0. The lowest BCUT2D eigenvalue weighted by atomic mass is 10.0. The summed E-state index contributed by atoms with van der Waals surface area (Å²) in [5.74, 6) is -2.82. The molecule has 2 rings (SSSR count). The van der Waals surface area contributed by atoms with E-state index in [-0.39, 0.29) is 5.56 Å². The van der Waals surface area contributed by atoms with Gasteiger partial charge in [-0.1, -0.05) is 42.5 Å². The Hall–Kier alpha value is -2.29. The molecular formula is C15H10F6O3. The number of benzene rings is 2. The fourth-order valence-corrected chi connectivity index (χ4v) is 2.06. The van der Waals surface area contributed by atoms with Crippen LogP contribution in [0.3, 0.4) is 0 Å². The molecular weight excluding hydrogens is 342 g/mol. The number of halogens is 6. The minimum atomic E-state index is -6.26. The van der Waals surface area contributed by atoms with E-state index < -0.39 is 30.5 Å². The van der Waals surface area contributed by atoms with Gasteiger partial charge in [0.2, 0.25) is 0 Å². The van der Waals surface area contributed by atoms with Gasteiger partial charge in [0.15, 0.2) is 0 Å². The second-order valence-corrected chi connectivity index (χ2v) is 4.92. The predicted octanol–water partition coefficient (Wildman–Crippen LogP) is 3.74. The first-order valence-corrected chi connectivity index (χ1v) is 6.48. The molecule has 1 N–H and O–H groups in total. The molecule has 24 heavy (non-hydrogen) atoms. The highest BCUT2D eigenvalue weighted by atomic mass is 19.4. The molecule has 0 radical (unpaired) electrons. The van der Waals surface area contributed by atoms with Crippen LogP contribution in [0, 0.1) is 0 Å². The van der Waals surface area contributed by atoms with Crippen molar-refractivity contribution < 1.29 is 41.0 Å². The van der Waals surface area contributed by atoms with E-state index in [1.54, 1.807) is 30.3 Å². The van der Waals surface area contributed by atoms with Crippen LogP contribution >= 0.6 is 0 Å². The third-order valence-corrected chi connectivity index (χ3v) is 3.35. The van der Waals surface area contributed by atoms with Gasteiger partial charge in [0, 0.05) is 0 Å². The zero-order valence-corrected chi connectivity index (χ0v) is 11.8. The van der Waals surface area contributed by atoms with Gasteiger partial charge in [0.1, 0.15) is 6.61 Å². The lowest BCUT2D eigenvalue weighted by Crippen LogP contribution is -2.62. The molecule has 3 nitrogen and oxygen atoms in total. The maximum Gasteiger partial charge on any atom is 0.437 e. The van der Waals surface area contributed by atoms with Gasteiger partial charge in [-0.25, -0.2) is 4.79 Å². The Morgan fingerprint density at radius 3 is 2.04 bits per heavy atom. The summed E-state index contributed by atoms with van der Waals surface area (Å²) in [7, 11) is 0. The largest absolute Gasteiger partial charge is 0.458 e. The highest BCUT2D eigenvalue weighted by Gasteiger charge is 2.76. The van der Waals surface area contributed by atoms with Crippen LogP contribution in [0.15, 0.2) is 42.5 Å². The van der Waals surface area contributed by atoms with Crippen LogP contribution in [0.2, 0.25) is 0 Å². The number of hydrogen-bond donors (Lipinski definition) is 1. The Morgan fingerprint density at radius 1 is 0.917 bits per heavy atom. The molecule has 0 spiro atoms. The van der Waals surface area contributed by atoms with Gasteiger partial charge in [-0.3, -0.25) is 0 Å². The van der Waals surface area contributed by atoms with Gasteiger partial charge in [-0.05, 0) is 16.3 Å². The molecule has 0 aromatic heterocycles. The van der Waals surface area contributed by atoms with Crippen molar-refractivity contribution in [3.05, 3.63) is 48.0 Å². The number of esters is 1. The molecule has 0 aliphatic carbocycles. The van der Waals surface area contributed by atoms with E-state index in [2.05, 4.69) is 4.74 Å². The zero-order valence-electron chi connectivity index (χ0n) is 11.8. The van der Waals surface area contributed by atoms with E-state index >= 15 is 0 Å². The first-order valence-electron chi connectivity index (χ1n) is 6.48. The fourth-order valence-electron chi connectivity index (χ4n) is 2.06. The van der Waals surface area contributed by atoms with E-state index in [1.807, 2.05) is 0 Å². The van der Waals surface area contributed by atoms with E-state index in [0.717, 1.165) is 0 Å². The predicted molar refractivity (Wildman–Crippen MR) is 70.8 cm³/mol. The molecule has 0 aliphatic heterocycles. The lowest BCUT2D eigenvalue weighted by molar-refractivity contribution is -0.357. The molecule has 0 aliphatic rings. The summed E-state index contributed by atoms with van der Waals surface area (Å²) in [5.41, 5.74) is -5.38. The summed E-state index contributed by atoms with van der Waals surface area (Å²) in [6.45, 7) is -0.853. The normalized spacial score (nSPS) is 13.1. The number of aliphatic hydroxyl groups is 1. The molecule has 0 fully saturated rings. The van der Waals surface area contributed by atoms with Crippen molar-refractivity contribution >= 4 is 16.7 Å². The lowest BCUT2D eigenvalue weighted by Gasteiger charge is -2.29. The van der Waals surface area contributed by atoms with E-state index in [4.69, 9.17) is 5.11 Å². The number of carbonyl (C=O) groups excluding carboxylic acids is 1. The Kier molecular flexibility index (Phi) is 4.49. The minimum Gasteiger partial charge on any atom is -0.458 e. The molecule has 130 valence electrons. The average molecular weight is 352 g/mol. The number of hydrogen-bond acceptors (Lipinski definition) is 3. The van der Waals surface area contributed by atoms with Gasteiger partial charge in [-0.15, -0.1) is 0 Å². The van der Waals surface area contributed by atoms with Crippen LogP contribution in [-0.4, -0.2) is 29.0 Å². The van der Waals surface area contributed by atoms with Crippen molar-refractivity contribution in [2.75, 3.05) is 0 Å². The highest BCUT2D eigenvalue weighted by molar-refractivity contribution is 5.86. The van der Waals surface area contributed by atoms with Crippen LogP contribution < -0.4 is 0 Å². The van der Waals surface area contributed by atoms with E-state index in [9.17, 15) is 31.1 Å². The second-order valence-electron chi connectivity index (χ2n) is 4.92. The molecule has 0 saturated heterocycles.